The van der Waals surface area contributed by atoms with E-state index in [9.17, 15) is 9.18 Å². The summed E-state index contributed by atoms with van der Waals surface area (Å²) >= 11 is 5.80. The van der Waals surface area contributed by atoms with Gasteiger partial charge in [-0.15, -0.1) is 0 Å². The number of hydrogen-bond acceptors (Lipinski definition) is 10. The first-order valence-corrected chi connectivity index (χ1v) is 18.4. The molecule has 1 aliphatic rings. The van der Waals surface area contributed by atoms with E-state index in [0.29, 0.717) is 19.0 Å². The zero-order chi connectivity index (χ0) is 41.7. The van der Waals surface area contributed by atoms with Crippen LogP contribution in [-0.4, -0.2) is 60.0 Å². The van der Waals surface area contributed by atoms with Crippen LogP contribution in [0.1, 0.15) is 43.2 Å². The van der Waals surface area contributed by atoms with Gasteiger partial charge in [0.25, 0.3) is 5.88 Å². The largest absolute Gasteiger partial charge is 0.497 e. The number of hydrogen-bond donors (Lipinski definition) is 3. The van der Waals surface area contributed by atoms with Crippen LogP contribution in [0.15, 0.2) is 101 Å². The van der Waals surface area contributed by atoms with Crippen LogP contribution in [0, 0.1) is 22.9 Å². The van der Waals surface area contributed by atoms with E-state index in [-0.39, 0.29) is 82.0 Å². The molecule has 1 fully saturated rings. The summed E-state index contributed by atoms with van der Waals surface area (Å²) in [6, 6.07) is 19.1. The maximum Gasteiger partial charge on any atom is 0.255 e. The number of benzene rings is 3. The molecule has 6 rings (SSSR count). The van der Waals surface area contributed by atoms with Crippen molar-refractivity contribution in [3.05, 3.63) is 136 Å². The van der Waals surface area contributed by atoms with Gasteiger partial charge in [0.1, 0.15) is 36.4 Å². The molecule has 3 aromatic carbocycles. The Morgan fingerprint density at radius 1 is 0.966 bits per heavy atom. The average Bonchev–Trinajstić information content (AvgIpc) is 3.82. The number of allylic oxidation sites excluding steroid dienone is 1. The van der Waals surface area contributed by atoms with Crippen LogP contribution in [0.4, 0.5) is 13.2 Å². The number of carbonyl (C=O) groups excluding carboxylic acids is 1. The number of hydrazine groups is 1. The first kappa shape index (κ1) is 43.2. The zero-order valence-corrected chi connectivity index (χ0v) is 33.0. The molecule has 0 radical (unpaired) electrons. The number of amides is 1. The fourth-order valence-electron chi connectivity index (χ4n) is 5.41. The number of nitrogens with zero attached hydrogens (tertiary/aromatic N) is 3. The average molecular weight is 822 g/mol. The van der Waals surface area contributed by atoms with E-state index >= 15 is 8.78 Å². The zero-order valence-electron chi connectivity index (χ0n) is 32.2. The molecule has 0 spiro atoms. The monoisotopic (exact) mass is 821 g/mol. The van der Waals surface area contributed by atoms with Crippen LogP contribution >= 0.6 is 11.6 Å². The highest BCUT2D eigenvalue weighted by molar-refractivity contribution is 6.30. The van der Waals surface area contributed by atoms with Crippen molar-refractivity contribution in [1.82, 2.24) is 21.0 Å². The number of ether oxygens (including phenoxy) is 4. The molecule has 3 N–H and O–H groups in total. The second kappa shape index (κ2) is 20.5. The summed E-state index contributed by atoms with van der Waals surface area (Å²) < 4.78 is 72.5. The molecule has 1 saturated heterocycles. The maximum atomic E-state index is 15.4. The van der Waals surface area contributed by atoms with E-state index in [2.05, 4.69) is 21.0 Å². The van der Waals surface area contributed by atoms with E-state index in [1.807, 2.05) is 45.0 Å². The number of rotatable bonds is 13. The second-order valence-electron chi connectivity index (χ2n) is 13.6. The Balaban J connectivity index is 0.00000121. The number of halogens is 4. The van der Waals surface area contributed by atoms with Crippen LogP contribution in [0.3, 0.4) is 0 Å². The van der Waals surface area contributed by atoms with Gasteiger partial charge in [0.15, 0.2) is 5.84 Å². The predicted molar refractivity (Wildman–Crippen MR) is 211 cm³/mol. The Bertz CT molecular complexity index is 2220. The van der Waals surface area contributed by atoms with Gasteiger partial charge >= 0.3 is 0 Å². The normalized spacial score (nSPS) is 14.8. The smallest absolute Gasteiger partial charge is 0.255 e. The number of aliphatic imine (C=N–C) groups is 1. The Morgan fingerprint density at radius 3 is 2.40 bits per heavy atom. The summed E-state index contributed by atoms with van der Waals surface area (Å²) in [6.07, 6.45) is 2.97. The minimum absolute atomic E-state index is 0.0684. The fraction of sp³-hybridized carbons (Fsp3) is 0.286. The molecule has 0 saturated carbocycles. The Kier molecular flexibility index (Phi) is 15.3. The summed E-state index contributed by atoms with van der Waals surface area (Å²) in [5.41, 5.74) is 5.76. The molecule has 1 atom stereocenters. The number of aromatic nitrogens is 2. The van der Waals surface area contributed by atoms with Gasteiger partial charge in [-0.25, -0.2) is 18.2 Å². The molecule has 1 aliphatic heterocycles. The Labute approximate surface area is 338 Å². The fourth-order valence-corrected chi connectivity index (χ4v) is 5.56. The van der Waals surface area contributed by atoms with Crippen molar-refractivity contribution >= 4 is 23.3 Å². The standard InChI is InChI=1S/C38H35ClF3N5O6.C4H8O/c1-38(2)21-50-20-33(38)44-37(32-17-36(47-53-32)51-18-22-7-11-26(49-3)12-8-22)46-45-34(48)14-24-13-30(42)27(16-29(24)41)31-5-4-6-35(43-31)52-19-23-9-10-25(39)15-28(23)40;1-2-3-4-5/h4-13,15-17,33H,14,18-21H2,1-3H3,(H,44,46)(H,45,48);2-3,5H,4H2,1H3/b;3-2-. The molecule has 3 heterocycles. The highest BCUT2D eigenvalue weighted by Crippen LogP contribution is 2.31. The van der Waals surface area contributed by atoms with Crippen molar-refractivity contribution in [2.24, 2.45) is 10.4 Å². The van der Waals surface area contributed by atoms with Gasteiger partial charge in [0.05, 0.1) is 51.2 Å². The number of nitrogens with one attached hydrogen (secondary N) is 2. The molecule has 0 aliphatic carbocycles. The van der Waals surface area contributed by atoms with Crippen molar-refractivity contribution in [2.75, 3.05) is 26.9 Å². The number of aliphatic hydroxyl groups is 1. The summed E-state index contributed by atoms with van der Waals surface area (Å²) in [4.78, 5) is 22.0. The minimum atomic E-state index is -0.833. The second-order valence-corrected chi connectivity index (χ2v) is 14.0. The molecule has 2 aromatic heterocycles. The quantitative estimate of drug-likeness (QED) is 0.0470. The van der Waals surface area contributed by atoms with Gasteiger partial charge in [-0.05, 0) is 60.1 Å². The van der Waals surface area contributed by atoms with E-state index in [1.54, 1.807) is 25.3 Å². The van der Waals surface area contributed by atoms with Gasteiger partial charge in [-0.2, -0.15) is 0 Å². The van der Waals surface area contributed by atoms with Crippen molar-refractivity contribution in [1.29, 1.82) is 0 Å². The molecule has 306 valence electrons. The first-order chi connectivity index (χ1) is 27.9. The Morgan fingerprint density at radius 2 is 1.72 bits per heavy atom. The lowest BCUT2D eigenvalue weighted by Crippen LogP contribution is -2.44. The summed E-state index contributed by atoms with van der Waals surface area (Å²) in [5, 5.41) is 12.2. The number of amidine groups is 1. The third kappa shape index (κ3) is 12.1. The summed E-state index contributed by atoms with van der Waals surface area (Å²) in [5.74, 6) is -1.64. The van der Waals surface area contributed by atoms with Gasteiger partial charge in [0.2, 0.25) is 17.5 Å². The van der Waals surface area contributed by atoms with Gasteiger partial charge in [-0.1, -0.05) is 61.9 Å². The van der Waals surface area contributed by atoms with E-state index in [4.69, 9.17) is 45.2 Å². The molecule has 5 aromatic rings. The maximum absolute atomic E-state index is 15.4. The van der Waals surface area contributed by atoms with Crippen molar-refractivity contribution < 1.29 is 46.5 Å². The Hall–Kier alpha value is -5.90. The highest BCUT2D eigenvalue weighted by atomic mass is 35.5. The molecule has 16 heteroatoms. The molecule has 1 unspecified atom stereocenters. The van der Waals surface area contributed by atoms with E-state index in [1.165, 1.54) is 30.3 Å². The molecule has 58 heavy (non-hydrogen) atoms. The van der Waals surface area contributed by atoms with Crippen LogP contribution in [0.25, 0.3) is 11.3 Å². The lowest BCUT2D eigenvalue weighted by atomic mass is 9.88. The molecular formula is C42H43ClF3N5O7. The van der Waals surface area contributed by atoms with Gasteiger partial charge in [-0.3, -0.25) is 20.6 Å². The van der Waals surface area contributed by atoms with Crippen molar-refractivity contribution in [3.63, 3.8) is 0 Å². The van der Waals surface area contributed by atoms with E-state index < -0.39 is 29.8 Å². The third-order valence-corrected chi connectivity index (χ3v) is 8.98. The summed E-state index contributed by atoms with van der Waals surface area (Å²) in [7, 11) is 1.58. The summed E-state index contributed by atoms with van der Waals surface area (Å²) in [6.45, 7) is 6.89. The van der Waals surface area contributed by atoms with Crippen molar-refractivity contribution in [2.45, 2.75) is 46.4 Å². The van der Waals surface area contributed by atoms with Gasteiger partial charge < -0.3 is 28.6 Å². The topological polar surface area (TPSA) is 150 Å². The van der Waals surface area contributed by atoms with Crippen LogP contribution in [0.5, 0.6) is 17.5 Å². The molecular weight excluding hydrogens is 779 g/mol. The van der Waals surface area contributed by atoms with Crippen LogP contribution in [-0.2, 0) is 29.2 Å². The number of aliphatic hydroxyl groups excluding tert-OH is 1. The number of methoxy groups -OCH3 is 1. The SMILES string of the molecule is C/C=C\CO.COc1ccc(COc2cc(C(=NC3COCC3(C)C)NNC(=O)Cc3cc(F)c(-c4cccc(OCc5ccc(Cl)cc5F)n4)cc3F)on2)cc1. The lowest BCUT2D eigenvalue weighted by Gasteiger charge is -2.22. The predicted octanol–water partition coefficient (Wildman–Crippen LogP) is 7.56. The lowest BCUT2D eigenvalue weighted by molar-refractivity contribution is -0.121. The molecule has 12 nitrogen and oxygen atoms in total. The van der Waals surface area contributed by atoms with Crippen LogP contribution in [0.2, 0.25) is 5.02 Å². The molecule has 1 amide bonds. The van der Waals surface area contributed by atoms with Crippen molar-refractivity contribution in [3.8, 4) is 28.8 Å². The molecule has 0 bridgehead atoms. The van der Waals surface area contributed by atoms with Crippen LogP contribution < -0.4 is 25.1 Å². The highest BCUT2D eigenvalue weighted by Gasteiger charge is 2.36. The third-order valence-electron chi connectivity index (χ3n) is 8.74. The first-order valence-electron chi connectivity index (χ1n) is 18.1. The minimum Gasteiger partial charge on any atom is -0.497 e. The van der Waals surface area contributed by atoms with Gasteiger partial charge in [0, 0.05) is 33.2 Å². The number of carbonyl (C=O) groups is 1. The van der Waals surface area contributed by atoms with E-state index in [0.717, 1.165) is 23.8 Å². The number of pyridine rings is 1.